The fourth-order valence-electron chi connectivity index (χ4n) is 4.14. The molecule has 0 spiro atoms. The molecule has 0 bridgehead atoms. The summed E-state index contributed by atoms with van der Waals surface area (Å²) in [6.07, 6.45) is 2.01. The number of benzene rings is 1. The van der Waals surface area contributed by atoms with Crippen molar-refractivity contribution in [2.24, 2.45) is 17.3 Å². The molecule has 1 aromatic heterocycles. The van der Waals surface area contributed by atoms with Crippen LogP contribution in [0, 0.1) is 27.4 Å². The van der Waals surface area contributed by atoms with Gasteiger partial charge in [-0.2, -0.15) is 0 Å². The van der Waals surface area contributed by atoms with E-state index in [2.05, 4.69) is 33.0 Å². The minimum absolute atomic E-state index is 0.0580. The van der Waals surface area contributed by atoms with Gasteiger partial charge in [0.05, 0.1) is 4.92 Å². The van der Waals surface area contributed by atoms with Crippen molar-refractivity contribution in [3.05, 3.63) is 44.8 Å². The summed E-state index contributed by atoms with van der Waals surface area (Å²) in [5.41, 5.74) is -0.646. The lowest BCUT2D eigenvalue weighted by molar-refractivity contribution is -0.386. The van der Waals surface area contributed by atoms with E-state index in [9.17, 15) is 14.9 Å². The fourth-order valence-corrected chi connectivity index (χ4v) is 4.14. The van der Waals surface area contributed by atoms with Crippen LogP contribution in [0.4, 0.5) is 11.4 Å². The molecule has 6 heteroatoms. The molecule has 0 aliphatic heterocycles. The van der Waals surface area contributed by atoms with Gasteiger partial charge in [0.2, 0.25) is 0 Å². The summed E-state index contributed by atoms with van der Waals surface area (Å²) in [4.78, 5) is 23.0. The van der Waals surface area contributed by atoms with Crippen molar-refractivity contribution in [3.8, 4) is 0 Å². The highest BCUT2D eigenvalue weighted by molar-refractivity contribution is 5.94. The van der Waals surface area contributed by atoms with E-state index in [0.717, 1.165) is 12.8 Å². The van der Waals surface area contributed by atoms with Crippen LogP contribution in [0.2, 0.25) is 0 Å². The first-order valence-electron chi connectivity index (χ1n) is 8.66. The molecule has 3 rings (SSSR count). The number of hydrogen-bond acceptors (Lipinski definition) is 5. The molecule has 0 radical (unpaired) electrons. The third-order valence-electron chi connectivity index (χ3n) is 5.48. The van der Waals surface area contributed by atoms with Gasteiger partial charge in [0.1, 0.15) is 11.3 Å². The summed E-state index contributed by atoms with van der Waals surface area (Å²) in [7, 11) is 0. The van der Waals surface area contributed by atoms with E-state index in [4.69, 9.17) is 4.42 Å². The van der Waals surface area contributed by atoms with Crippen LogP contribution < -0.4 is 10.9 Å². The van der Waals surface area contributed by atoms with Gasteiger partial charge in [0, 0.05) is 11.4 Å². The van der Waals surface area contributed by atoms with Gasteiger partial charge < -0.3 is 9.73 Å². The lowest BCUT2D eigenvalue weighted by Crippen LogP contribution is -2.42. The van der Waals surface area contributed by atoms with Gasteiger partial charge in [-0.3, -0.25) is 10.1 Å². The largest absolute Gasteiger partial charge is 0.418 e. The number of nitro groups is 1. The SMILES string of the molecule is C[C@H]1[C@H](C)CC(C)(C)C[C@H]1Nc1c([N+](=O)[O-])c(=O)oc2ccccc12. The molecule has 134 valence electrons. The van der Waals surface area contributed by atoms with Crippen molar-refractivity contribution >= 4 is 22.3 Å². The summed E-state index contributed by atoms with van der Waals surface area (Å²) in [6, 6.07) is 6.99. The number of para-hydroxylation sites is 1. The van der Waals surface area contributed by atoms with Crippen LogP contribution in [0.3, 0.4) is 0 Å². The van der Waals surface area contributed by atoms with E-state index in [1.807, 2.05) is 0 Å². The summed E-state index contributed by atoms with van der Waals surface area (Å²) in [6.45, 7) is 8.81. The zero-order valence-corrected chi connectivity index (χ0v) is 15.0. The Labute approximate surface area is 146 Å². The molecule has 1 fully saturated rings. The second kappa shape index (κ2) is 6.17. The molecule has 0 amide bonds. The van der Waals surface area contributed by atoms with Gasteiger partial charge in [0.25, 0.3) is 0 Å². The van der Waals surface area contributed by atoms with E-state index in [0.29, 0.717) is 22.8 Å². The van der Waals surface area contributed by atoms with Gasteiger partial charge >= 0.3 is 11.3 Å². The molecule has 1 aromatic carbocycles. The van der Waals surface area contributed by atoms with Gasteiger partial charge in [-0.25, -0.2) is 4.79 Å². The van der Waals surface area contributed by atoms with Gasteiger partial charge in [-0.05, 0) is 42.2 Å². The van der Waals surface area contributed by atoms with Gasteiger partial charge in [-0.15, -0.1) is 0 Å². The van der Waals surface area contributed by atoms with Crippen LogP contribution in [0.1, 0.15) is 40.5 Å². The molecule has 6 nitrogen and oxygen atoms in total. The number of fused-ring (bicyclic) bond motifs is 1. The van der Waals surface area contributed by atoms with Crippen LogP contribution >= 0.6 is 0 Å². The zero-order chi connectivity index (χ0) is 18.4. The summed E-state index contributed by atoms with van der Waals surface area (Å²) in [5, 5.41) is 15.4. The quantitative estimate of drug-likeness (QED) is 0.500. The summed E-state index contributed by atoms with van der Waals surface area (Å²) in [5.74, 6) is 0.838. The average molecular weight is 344 g/mol. The number of nitrogens with zero attached hydrogens (tertiary/aromatic N) is 1. The van der Waals surface area contributed by atoms with Crippen molar-refractivity contribution in [1.82, 2.24) is 0 Å². The van der Waals surface area contributed by atoms with E-state index in [1.165, 1.54) is 0 Å². The Hall–Kier alpha value is -2.37. The standard InChI is InChI=1S/C19H24N2O4/c1-11-9-19(3,4)10-14(12(11)2)20-16-13-7-5-6-8-15(13)25-18(22)17(16)21(23)24/h5-8,11-12,14,20H,9-10H2,1-4H3/t11-,12+,14-/m1/s1. The Morgan fingerprint density at radius 2 is 1.92 bits per heavy atom. The van der Waals surface area contributed by atoms with Crippen LogP contribution in [0.15, 0.2) is 33.5 Å². The summed E-state index contributed by atoms with van der Waals surface area (Å²) >= 11 is 0. The van der Waals surface area contributed by atoms with Crippen molar-refractivity contribution in [3.63, 3.8) is 0 Å². The Kier molecular flexibility index (Phi) is 4.31. The highest BCUT2D eigenvalue weighted by Gasteiger charge is 2.38. The third kappa shape index (κ3) is 3.25. The molecule has 2 aromatic rings. The summed E-state index contributed by atoms with van der Waals surface area (Å²) < 4.78 is 5.14. The molecular formula is C19H24N2O4. The van der Waals surface area contributed by atoms with Gasteiger partial charge in [0.15, 0.2) is 0 Å². The first-order chi connectivity index (χ1) is 11.7. The van der Waals surface area contributed by atoms with Gasteiger partial charge in [-0.1, -0.05) is 39.8 Å². The maximum Gasteiger partial charge on any atom is 0.417 e. The lowest BCUT2D eigenvalue weighted by Gasteiger charge is -2.44. The normalized spacial score (nSPS) is 25.7. The van der Waals surface area contributed by atoms with Crippen LogP contribution in [-0.2, 0) is 0 Å². The number of rotatable bonds is 3. The Balaban J connectivity index is 2.13. The van der Waals surface area contributed by atoms with E-state index in [-0.39, 0.29) is 17.1 Å². The topological polar surface area (TPSA) is 85.4 Å². The zero-order valence-electron chi connectivity index (χ0n) is 15.0. The molecule has 1 heterocycles. The van der Waals surface area contributed by atoms with Crippen molar-refractivity contribution < 1.29 is 9.34 Å². The van der Waals surface area contributed by atoms with Crippen molar-refractivity contribution in [2.45, 2.75) is 46.6 Å². The van der Waals surface area contributed by atoms with E-state index >= 15 is 0 Å². The van der Waals surface area contributed by atoms with Crippen LogP contribution in [0.25, 0.3) is 11.0 Å². The molecule has 3 atom stereocenters. The molecular weight excluding hydrogens is 320 g/mol. The second-order valence-corrected chi connectivity index (χ2v) is 8.03. The third-order valence-corrected chi connectivity index (χ3v) is 5.48. The Morgan fingerprint density at radius 1 is 1.24 bits per heavy atom. The Morgan fingerprint density at radius 3 is 2.60 bits per heavy atom. The molecule has 0 saturated heterocycles. The maximum atomic E-state index is 12.2. The molecule has 1 aliphatic carbocycles. The number of anilines is 1. The molecule has 1 aliphatic rings. The molecule has 1 saturated carbocycles. The Bertz CT molecular complexity index is 871. The average Bonchev–Trinajstić information content (AvgIpc) is 2.51. The lowest BCUT2D eigenvalue weighted by atomic mass is 9.66. The monoisotopic (exact) mass is 344 g/mol. The fraction of sp³-hybridized carbons (Fsp3) is 0.526. The highest BCUT2D eigenvalue weighted by atomic mass is 16.6. The molecule has 25 heavy (non-hydrogen) atoms. The molecule has 1 N–H and O–H groups in total. The number of hydrogen-bond donors (Lipinski definition) is 1. The first-order valence-corrected chi connectivity index (χ1v) is 8.66. The van der Waals surface area contributed by atoms with Crippen LogP contribution in [0.5, 0.6) is 0 Å². The van der Waals surface area contributed by atoms with Crippen LogP contribution in [-0.4, -0.2) is 11.0 Å². The first kappa shape index (κ1) is 17.5. The van der Waals surface area contributed by atoms with E-state index < -0.39 is 16.2 Å². The highest BCUT2D eigenvalue weighted by Crippen LogP contribution is 2.43. The smallest absolute Gasteiger partial charge is 0.417 e. The molecule has 0 unspecified atom stereocenters. The van der Waals surface area contributed by atoms with E-state index in [1.54, 1.807) is 24.3 Å². The minimum atomic E-state index is -0.915. The number of nitrogens with one attached hydrogen (secondary N) is 1. The van der Waals surface area contributed by atoms with Crippen molar-refractivity contribution in [2.75, 3.05) is 5.32 Å². The van der Waals surface area contributed by atoms with Crippen molar-refractivity contribution in [1.29, 1.82) is 0 Å². The minimum Gasteiger partial charge on any atom is -0.418 e. The predicted molar refractivity (Wildman–Crippen MR) is 97.9 cm³/mol. The maximum absolute atomic E-state index is 12.2. The second-order valence-electron chi connectivity index (χ2n) is 8.03. The predicted octanol–water partition coefficient (Wildman–Crippen LogP) is 4.57.